The zero-order chi connectivity index (χ0) is 24.5. The minimum Gasteiger partial charge on any atom is -0.479 e. The van der Waals surface area contributed by atoms with Gasteiger partial charge in [0.05, 0.1) is 30.0 Å². The first kappa shape index (κ1) is 24.6. The molecule has 0 aliphatic carbocycles. The molecule has 1 aliphatic rings. The zero-order valence-electron chi connectivity index (χ0n) is 20.1. The topological polar surface area (TPSA) is 71.9 Å². The molecule has 0 spiro atoms. The molecule has 1 N–H and O–H groups in total. The molecule has 34 heavy (non-hydrogen) atoms. The third-order valence-corrected chi connectivity index (χ3v) is 6.13. The lowest BCUT2D eigenvalue weighted by Gasteiger charge is -2.29. The molecule has 6 nitrogen and oxygen atoms in total. The molecule has 1 unspecified atom stereocenters. The quantitative estimate of drug-likeness (QED) is 0.490. The zero-order valence-corrected chi connectivity index (χ0v) is 20.9. The van der Waals surface area contributed by atoms with E-state index < -0.39 is 17.7 Å². The second-order valence-corrected chi connectivity index (χ2v) is 10.1. The maximum atomic E-state index is 12.4. The number of hydrogen-bond acceptors (Lipinski definition) is 5. The molecule has 2 heterocycles. The summed E-state index contributed by atoms with van der Waals surface area (Å²) in [6.07, 6.45) is -1.12. The van der Waals surface area contributed by atoms with Gasteiger partial charge < -0.3 is 14.6 Å². The van der Waals surface area contributed by atoms with Crippen LogP contribution >= 0.6 is 11.6 Å². The van der Waals surface area contributed by atoms with Crippen molar-refractivity contribution in [3.63, 3.8) is 0 Å². The number of carboxylic acids is 1. The van der Waals surface area contributed by atoms with Crippen LogP contribution in [0.4, 0.5) is 0 Å². The van der Waals surface area contributed by atoms with Gasteiger partial charge in [-0.15, -0.1) is 0 Å². The Labute approximate surface area is 205 Å². The van der Waals surface area contributed by atoms with Crippen LogP contribution in [0.2, 0.25) is 5.02 Å². The van der Waals surface area contributed by atoms with Gasteiger partial charge in [0, 0.05) is 35.6 Å². The van der Waals surface area contributed by atoms with Gasteiger partial charge in [0.1, 0.15) is 0 Å². The van der Waals surface area contributed by atoms with E-state index in [1.54, 1.807) is 0 Å². The summed E-state index contributed by atoms with van der Waals surface area (Å²) in [6, 6.07) is 13.5. The molecule has 1 fully saturated rings. The van der Waals surface area contributed by atoms with Crippen LogP contribution in [0.15, 0.2) is 42.5 Å². The minimum absolute atomic E-state index is 0.619. The van der Waals surface area contributed by atoms with Crippen molar-refractivity contribution in [3.05, 3.63) is 64.3 Å². The van der Waals surface area contributed by atoms with Gasteiger partial charge in [-0.1, -0.05) is 29.8 Å². The van der Waals surface area contributed by atoms with Crippen LogP contribution in [-0.2, 0) is 20.8 Å². The third-order valence-electron chi connectivity index (χ3n) is 5.88. The van der Waals surface area contributed by atoms with E-state index in [2.05, 4.69) is 4.90 Å². The number of aliphatic carboxylic acids is 1. The molecular formula is C27H31ClN2O4. The van der Waals surface area contributed by atoms with E-state index in [0.29, 0.717) is 10.6 Å². The Morgan fingerprint density at radius 1 is 1.18 bits per heavy atom. The lowest BCUT2D eigenvalue weighted by molar-refractivity contribution is -0.160. The molecule has 0 amide bonds. The number of ether oxygens (including phenoxy) is 2. The number of halogens is 1. The van der Waals surface area contributed by atoms with Crippen molar-refractivity contribution < 1.29 is 19.4 Å². The highest BCUT2D eigenvalue weighted by Crippen LogP contribution is 2.40. The second kappa shape index (κ2) is 10.0. The van der Waals surface area contributed by atoms with E-state index >= 15 is 0 Å². The van der Waals surface area contributed by atoms with Gasteiger partial charge in [-0.05, 0) is 68.7 Å². The van der Waals surface area contributed by atoms with Crippen LogP contribution in [0.5, 0.6) is 0 Å². The van der Waals surface area contributed by atoms with Gasteiger partial charge in [-0.25, -0.2) is 4.79 Å². The van der Waals surface area contributed by atoms with Crippen molar-refractivity contribution in [2.24, 2.45) is 0 Å². The average molecular weight is 483 g/mol. The molecule has 4 rings (SSSR count). The number of aryl methyl sites for hydroxylation is 1. The van der Waals surface area contributed by atoms with E-state index in [1.165, 1.54) is 0 Å². The monoisotopic (exact) mass is 482 g/mol. The molecule has 180 valence electrons. The predicted octanol–water partition coefficient (Wildman–Crippen LogP) is 5.64. The number of nitrogens with zero attached hydrogens (tertiary/aromatic N) is 2. The van der Waals surface area contributed by atoms with Crippen LogP contribution in [0.25, 0.3) is 22.0 Å². The smallest absolute Gasteiger partial charge is 0.337 e. The Bertz CT molecular complexity index is 1180. The van der Waals surface area contributed by atoms with E-state index in [1.807, 2.05) is 70.2 Å². The minimum atomic E-state index is -1.12. The maximum Gasteiger partial charge on any atom is 0.337 e. The number of fused-ring (bicyclic) bond motifs is 1. The summed E-state index contributed by atoms with van der Waals surface area (Å²) in [5, 5.41) is 11.7. The van der Waals surface area contributed by atoms with Crippen molar-refractivity contribution in [3.8, 4) is 11.1 Å². The summed E-state index contributed by atoms with van der Waals surface area (Å²) in [6.45, 7) is 11.5. The largest absolute Gasteiger partial charge is 0.479 e. The van der Waals surface area contributed by atoms with E-state index in [9.17, 15) is 9.90 Å². The highest BCUT2D eigenvalue weighted by molar-refractivity contribution is 6.30. The van der Waals surface area contributed by atoms with Gasteiger partial charge in [0.2, 0.25) is 0 Å². The van der Waals surface area contributed by atoms with Crippen LogP contribution in [0.1, 0.15) is 43.7 Å². The molecule has 0 saturated carbocycles. The van der Waals surface area contributed by atoms with Crippen molar-refractivity contribution >= 4 is 28.5 Å². The number of morpholine rings is 1. The average Bonchev–Trinajstić information content (AvgIpc) is 2.77. The number of aromatic nitrogens is 1. The molecule has 1 aliphatic heterocycles. The lowest BCUT2D eigenvalue weighted by atomic mass is 9.88. The molecule has 7 heteroatoms. The van der Waals surface area contributed by atoms with Crippen LogP contribution in [0.3, 0.4) is 0 Å². The Morgan fingerprint density at radius 2 is 1.85 bits per heavy atom. The maximum absolute atomic E-state index is 12.4. The number of benzene rings is 2. The fourth-order valence-corrected chi connectivity index (χ4v) is 4.52. The number of pyridine rings is 1. The van der Waals surface area contributed by atoms with Crippen molar-refractivity contribution in [1.29, 1.82) is 0 Å². The third kappa shape index (κ3) is 5.58. The summed E-state index contributed by atoms with van der Waals surface area (Å²) < 4.78 is 11.5. The molecule has 0 radical (unpaired) electrons. The number of hydrogen-bond donors (Lipinski definition) is 1. The summed E-state index contributed by atoms with van der Waals surface area (Å²) in [7, 11) is 0. The standard InChI is InChI=1S/C27H31ClN2O4/c1-17-15-22-21(10-9-20(29-22)16-30-11-13-33-14-12-30)24(18-5-7-19(28)8-6-18)23(17)25(26(31)32)34-27(2,3)4/h5-10,15,25H,11-14,16H2,1-4H3,(H,31,32). The number of rotatable bonds is 6. The first-order chi connectivity index (χ1) is 16.1. The first-order valence-corrected chi connectivity index (χ1v) is 11.9. The van der Waals surface area contributed by atoms with E-state index in [-0.39, 0.29) is 0 Å². The van der Waals surface area contributed by atoms with E-state index in [4.69, 9.17) is 26.1 Å². The summed E-state index contributed by atoms with van der Waals surface area (Å²) in [5.41, 5.74) is 4.32. The number of carbonyl (C=O) groups is 1. The molecule has 2 aromatic carbocycles. The Morgan fingerprint density at radius 3 is 2.47 bits per heavy atom. The first-order valence-electron chi connectivity index (χ1n) is 11.5. The van der Waals surface area contributed by atoms with Gasteiger partial charge in [0.25, 0.3) is 0 Å². The Kier molecular flexibility index (Phi) is 7.24. The van der Waals surface area contributed by atoms with Gasteiger partial charge in [-0.3, -0.25) is 9.88 Å². The fourth-order valence-electron chi connectivity index (χ4n) is 4.39. The molecular weight excluding hydrogens is 452 g/mol. The normalized spacial score (nSPS) is 16.0. The lowest BCUT2D eigenvalue weighted by Crippen LogP contribution is -2.35. The summed E-state index contributed by atoms with van der Waals surface area (Å²) in [5.74, 6) is -1.02. The fraction of sp³-hybridized carbons (Fsp3) is 0.407. The highest BCUT2D eigenvalue weighted by Gasteiger charge is 2.31. The Balaban J connectivity index is 1.89. The predicted molar refractivity (Wildman–Crippen MR) is 134 cm³/mol. The van der Waals surface area contributed by atoms with E-state index in [0.717, 1.165) is 66.1 Å². The number of carboxylic acid groups (broad SMARTS) is 1. The van der Waals surface area contributed by atoms with Crippen molar-refractivity contribution in [1.82, 2.24) is 9.88 Å². The summed E-state index contributed by atoms with van der Waals surface area (Å²) in [4.78, 5) is 19.7. The van der Waals surface area contributed by atoms with Crippen LogP contribution in [-0.4, -0.2) is 52.9 Å². The summed E-state index contributed by atoms with van der Waals surface area (Å²) >= 11 is 6.16. The van der Waals surface area contributed by atoms with Crippen molar-refractivity contribution in [2.75, 3.05) is 26.3 Å². The Hall–Kier alpha value is -2.51. The van der Waals surface area contributed by atoms with Crippen LogP contribution in [0, 0.1) is 6.92 Å². The molecule has 0 bridgehead atoms. The molecule has 1 saturated heterocycles. The molecule has 3 aromatic rings. The highest BCUT2D eigenvalue weighted by atomic mass is 35.5. The van der Waals surface area contributed by atoms with Gasteiger partial charge >= 0.3 is 5.97 Å². The van der Waals surface area contributed by atoms with Crippen molar-refractivity contribution in [2.45, 2.75) is 45.9 Å². The van der Waals surface area contributed by atoms with Gasteiger partial charge in [0.15, 0.2) is 6.10 Å². The SMILES string of the molecule is Cc1cc2nc(CN3CCOCC3)ccc2c(-c2ccc(Cl)cc2)c1C(OC(C)(C)C)C(=O)O. The van der Waals surface area contributed by atoms with Gasteiger partial charge in [-0.2, -0.15) is 0 Å². The molecule has 1 aromatic heterocycles. The molecule has 1 atom stereocenters. The van der Waals surface area contributed by atoms with Crippen LogP contribution < -0.4 is 0 Å². The second-order valence-electron chi connectivity index (χ2n) is 9.70.